The Morgan fingerprint density at radius 2 is 2.33 bits per heavy atom. The van der Waals surface area contributed by atoms with Crippen LogP contribution in [0.2, 0.25) is 0 Å². The molecule has 1 amide bonds. The number of carbonyl (C=O) groups excluding carboxylic acids is 1. The molecule has 2 aromatic heterocycles. The number of halogens is 1. The Labute approximate surface area is 104 Å². The average molecular weight is 302 g/mol. The van der Waals surface area contributed by atoms with Gasteiger partial charge in [0.25, 0.3) is 5.91 Å². The fourth-order valence-corrected chi connectivity index (χ4v) is 3.14. The predicted molar refractivity (Wildman–Crippen MR) is 67.5 cm³/mol. The molecule has 0 aliphatic carbocycles. The molecule has 0 unspecified atom stereocenters. The highest BCUT2D eigenvalue weighted by atomic mass is 79.9. The zero-order valence-corrected chi connectivity index (χ0v) is 10.9. The number of amides is 1. The van der Waals surface area contributed by atoms with Crippen LogP contribution in [0.4, 0.5) is 0 Å². The highest BCUT2D eigenvalue weighted by Crippen LogP contribution is 2.19. The molecule has 1 N–H and O–H groups in total. The molecule has 2 aromatic rings. The van der Waals surface area contributed by atoms with Crippen LogP contribution in [-0.4, -0.2) is 5.91 Å². The van der Waals surface area contributed by atoms with Gasteiger partial charge in [-0.3, -0.25) is 4.79 Å². The second kappa shape index (κ2) is 4.92. The molecule has 0 bridgehead atoms. The summed E-state index contributed by atoms with van der Waals surface area (Å²) in [4.78, 5) is 13.5. The Hall–Kier alpha value is -0.650. The number of hydrogen-bond acceptors (Lipinski definition) is 3. The first-order chi connectivity index (χ1) is 7.25. The molecule has 15 heavy (non-hydrogen) atoms. The van der Waals surface area contributed by atoms with Gasteiger partial charge in [-0.15, -0.1) is 22.7 Å². The van der Waals surface area contributed by atoms with Gasteiger partial charge in [-0.05, 0) is 33.4 Å². The van der Waals surface area contributed by atoms with E-state index < -0.39 is 0 Å². The lowest BCUT2D eigenvalue weighted by molar-refractivity contribution is 0.0955. The molecule has 0 saturated heterocycles. The minimum Gasteiger partial charge on any atom is -0.346 e. The van der Waals surface area contributed by atoms with Crippen LogP contribution in [0.5, 0.6) is 0 Å². The standard InChI is InChI=1S/C10H8BrNOS2/c11-7-4-8(15-6-7)5-12-10(13)9-2-1-3-14-9/h1-4,6H,5H2,(H,12,13). The number of rotatable bonds is 3. The van der Waals surface area contributed by atoms with Gasteiger partial charge >= 0.3 is 0 Å². The summed E-state index contributed by atoms with van der Waals surface area (Å²) >= 11 is 6.46. The maximum Gasteiger partial charge on any atom is 0.261 e. The number of nitrogens with one attached hydrogen (secondary N) is 1. The van der Waals surface area contributed by atoms with Gasteiger partial charge in [-0.2, -0.15) is 0 Å². The number of carbonyl (C=O) groups is 1. The first kappa shape index (κ1) is 10.9. The molecule has 0 atom stereocenters. The lowest BCUT2D eigenvalue weighted by atomic mass is 10.4. The van der Waals surface area contributed by atoms with Gasteiger partial charge in [0.1, 0.15) is 0 Å². The molecular formula is C10H8BrNOS2. The van der Waals surface area contributed by atoms with E-state index >= 15 is 0 Å². The van der Waals surface area contributed by atoms with E-state index in [4.69, 9.17) is 0 Å². The summed E-state index contributed by atoms with van der Waals surface area (Å²) in [6, 6.07) is 5.71. The van der Waals surface area contributed by atoms with Crippen LogP contribution < -0.4 is 5.32 Å². The van der Waals surface area contributed by atoms with E-state index in [9.17, 15) is 4.79 Å². The van der Waals surface area contributed by atoms with Crippen molar-refractivity contribution in [2.75, 3.05) is 0 Å². The lowest BCUT2D eigenvalue weighted by Gasteiger charge is -2.00. The van der Waals surface area contributed by atoms with E-state index in [1.807, 2.05) is 29.0 Å². The van der Waals surface area contributed by atoms with Crippen molar-refractivity contribution in [2.24, 2.45) is 0 Å². The summed E-state index contributed by atoms with van der Waals surface area (Å²) < 4.78 is 1.06. The zero-order valence-electron chi connectivity index (χ0n) is 7.70. The van der Waals surface area contributed by atoms with Crippen LogP contribution in [0.3, 0.4) is 0 Å². The summed E-state index contributed by atoms with van der Waals surface area (Å²) in [7, 11) is 0. The number of thiophene rings is 2. The lowest BCUT2D eigenvalue weighted by Crippen LogP contribution is -2.21. The van der Waals surface area contributed by atoms with Crippen LogP contribution in [0.1, 0.15) is 14.5 Å². The molecule has 0 aliphatic heterocycles. The smallest absolute Gasteiger partial charge is 0.261 e. The highest BCUT2D eigenvalue weighted by molar-refractivity contribution is 9.10. The molecule has 5 heteroatoms. The Morgan fingerprint density at radius 1 is 1.47 bits per heavy atom. The van der Waals surface area contributed by atoms with Gasteiger partial charge in [0.05, 0.1) is 11.4 Å². The van der Waals surface area contributed by atoms with Crippen molar-refractivity contribution < 1.29 is 4.79 Å². The maximum absolute atomic E-state index is 11.6. The van der Waals surface area contributed by atoms with Crippen molar-refractivity contribution in [3.05, 3.63) is 43.2 Å². The molecular weight excluding hydrogens is 294 g/mol. The van der Waals surface area contributed by atoms with Crippen molar-refractivity contribution >= 4 is 44.5 Å². The van der Waals surface area contributed by atoms with Gasteiger partial charge in [0.2, 0.25) is 0 Å². The molecule has 0 aromatic carbocycles. The molecule has 2 nitrogen and oxygen atoms in total. The van der Waals surface area contributed by atoms with Crippen LogP contribution in [0.15, 0.2) is 33.4 Å². The van der Waals surface area contributed by atoms with Crippen molar-refractivity contribution in [1.29, 1.82) is 0 Å². The molecule has 0 fully saturated rings. The van der Waals surface area contributed by atoms with E-state index in [2.05, 4.69) is 21.2 Å². The Kier molecular flexibility index (Phi) is 3.56. The van der Waals surface area contributed by atoms with Gasteiger partial charge in [-0.25, -0.2) is 0 Å². The third-order valence-corrected chi connectivity index (χ3v) is 4.36. The predicted octanol–water partition coefficient (Wildman–Crippen LogP) is 3.50. The van der Waals surface area contributed by atoms with Crippen LogP contribution in [-0.2, 0) is 6.54 Å². The van der Waals surface area contributed by atoms with E-state index in [1.165, 1.54) is 11.3 Å². The van der Waals surface area contributed by atoms with Gasteiger partial charge in [0, 0.05) is 14.7 Å². The van der Waals surface area contributed by atoms with E-state index in [0.717, 1.165) is 14.2 Å². The van der Waals surface area contributed by atoms with Crippen LogP contribution in [0.25, 0.3) is 0 Å². The van der Waals surface area contributed by atoms with Crippen molar-refractivity contribution in [1.82, 2.24) is 5.32 Å². The highest BCUT2D eigenvalue weighted by Gasteiger charge is 2.06. The fraction of sp³-hybridized carbons (Fsp3) is 0.100. The first-order valence-corrected chi connectivity index (χ1v) is 6.85. The minimum absolute atomic E-state index is 0.00507. The van der Waals surface area contributed by atoms with Crippen molar-refractivity contribution in [3.8, 4) is 0 Å². The summed E-state index contributed by atoms with van der Waals surface area (Å²) in [5, 5.41) is 6.78. The zero-order chi connectivity index (χ0) is 10.7. The third-order valence-electron chi connectivity index (χ3n) is 1.79. The Balaban J connectivity index is 1.91. The van der Waals surface area contributed by atoms with Crippen molar-refractivity contribution in [2.45, 2.75) is 6.54 Å². The van der Waals surface area contributed by atoms with E-state index in [1.54, 1.807) is 11.3 Å². The monoisotopic (exact) mass is 301 g/mol. The molecule has 0 saturated carbocycles. The second-order valence-corrected chi connectivity index (χ2v) is 5.75. The summed E-state index contributed by atoms with van der Waals surface area (Å²) in [5.74, 6) is -0.00507. The molecule has 2 rings (SSSR count). The largest absolute Gasteiger partial charge is 0.346 e. The number of hydrogen-bond donors (Lipinski definition) is 1. The van der Waals surface area contributed by atoms with E-state index in [-0.39, 0.29) is 5.91 Å². The Morgan fingerprint density at radius 3 is 2.93 bits per heavy atom. The maximum atomic E-state index is 11.6. The molecule has 0 spiro atoms. The topological polar surface area (TPSA) is 29.1 Å². The third kappa shape index (κ3) is 2.90. The average Bonchev–Trinajstić information content (AvgIpc) is 2.84. The van der Waals surface area contributed by atoms with Gasteiger partial charge in [-0.1, -0.05) is 6.07 Å². The first-order valence-electron chi connectivity index (χ1n) is 4.30. The van der Waals surface area contributed by atoms with Crippen molar-refractivity contribution in [3.63, 3.8) is 0 Å². The SMILES string of the molecule is O=C(NCc1cc(Br)cs1)c1cccs1. The summed E-state index contributed by atoms with van der Waals surface area (Å²) in [6.07, 6.45) is 0. The second-order valence-electron chi connectivity index (χ2n) is 2.89. The normalized spacial score (nSPS) is 10.2. The molecule has 0 aliphatic rings. The summed E-state index contributed by atoms with van der Waals surface area (Å²) in [5.41, 5.74) is 0. The molecule has 78 valence electrons. The van der Waals surface area contributed by atoms with Crippen LogP contribution >= 0.6 is 38.6 Å². The quantitative estimate of drug-likeness (QED) is 0.923. The Bertz CT molecular complexity index is 450. The summed E-state index contributed by atoms with van der Waals surface area (Å²) in [6.45, 7) is 0.590. The molecule has 0 radical (unpaired) electrons. The van der Waals surface area contributed by atoms with Gasteiger partial charge < -0.3 is 5.32 Å². The fourth-order valence-electron chi connectivity index (χ4n) is 1.11. The van der Waals surface area contributed by atoms with Gasteiger partial charge in [0.15, 0.2) is 0 Å². The minimum atomic E-state index is -0.00507. The molecule has 2 heterocycles. The van der Waals surface area contributed by atoms with E-state index in [0.29, 0.717) is 6.54 Å². The van der Waals surface area contributed by atoms with Crippen LogP contribution in [0, 0.1) is 0 Å².